The Balaban J connectivity index is 1.37. The van der Waals surface area contributed by atoms with Gasteiger partial charge in [0.2, 0.25) is 5.91 Å². The number of nitrogens with one attached hydrogen (secondary N) is 1. The summed E-state index contributed by atoms with van der Waals surface area (Å²) in [6, 6.07) is 5.65. The highest BCUT2D eigenvalue weighted by molar-refractivity contribution is 5.91. The van der Waals surface area contributed by atoms with Gasteiger partial charge in [0.25, 0.3) is 0 Å². The van der Waals surface area contributed by atoms with Gasteiger partial charge < -0.3 is 10.2 Å². The first kappa shape index (κ1) is 18.8. The number of aryl methyl sites for hydroxylation is 1. The number of carbonyl (C=O) groups is 1. The summed E-state index contributed by atoms with van der Waals surface area (Å²) >= 11 is 0. The Labute approximate surface area is 169 Å². The fourth-order valence-electron chi connectivity index (χ4n) is 3.40. The van der Waals surface area contributed by atoms with Crippen molar-refractivity contribution in [2.24, 2.45) is 7.05 Å². The number of nitrogens with zero attached hydrogens (tertiary/aromatic N) is 6. The number of amides is 1. The number of anilines is 2. The highest BCUT2D eigenvalue weighted by Gasteiger charge is 2.24. The van der Waals surface area contributed by atoms with Gasteiger partial charge in [-0.2, -0.15) is 5.10 Å². The van der Waals surface area contributed by atoms with Crippen molar-refractivity contribution in [1.82, 2.24) is 29.6 Å². The predicted molar refractivity (Wildman–Crippen MR) is 110 cm³/mol. The monoisotopic (exact) mass is 389 g/mol. The topological polar surface area (TPSA) is 88.8 Å². The van der Waals surface area contributed by atoms with E-state index < -0.39 is 0 Å². The summed E-state index contributed by atoms with van der Waals surface area (Å²) in [5, 5.41) is 7.24. The summed E-state index contributed by atoms with van der Waals surface area (Å²) in [5.41, 5.74) is 1.82. The first-order valence-electron chi connectivity index (χ1n) is 9.63. The number of hydrogen-bond acceptors (Lipinski definition) is 6. The second-order valence-corrected chi connectivity index (χ2v) is 7.07. The van der Waals surface area contributed by atoms with E-state index in [1.807, 2.05) is 36.3 Å². The Morgan fingerprint density at radius 1 is 1.17 bits per heavy atom. The minimum Gasteiger partial charge on any atom is -0.338 e. The zero-order chi connectivity index (χ0) is 20.1. The van der Waals surface area contributed by atoms with Crippen LogP contribution in [-0.4, -0.2) is 48.6 Å². The predicted octanol–water partition coefficient (Wildman–Crippen LogP) is 2.77. The first-order valence-corrected chi connectivity index (χ1v) is 9.63. The van der Waals surface area contributed by atoms with Gasteiger partial charge in [-0.05, 0) is 31.1 Å². The zero-order valence-corrected chi connectivity index (χ0v) is 16.3. The van der Waals surface area contributed by atoms with E-state index in [1.165, 1.54) is 0 Å². The van der Waals surface area contributed by atoms with Crippen molar-refractivity contribution < 1.29 is 4.79 Å². The highest BCUT2D eigenvalue weighted by atomic mass is 16.2. The van der Waals surface area contributed by atoms with Gasteiger partial charge >= 0.3 is 0 Å². The lowest BCUT2D eigenvalue weighted by atomic mass is 9.95. The molecular formula is C21H23N7O. The lowest BCUT2D eigenvalue weighted by molar-refractivity contribution is -0.127. The maximum absolute atomic E-state index is 12.6. The smallest absolute Gasteiger partial charge is 0.246 e. The third-order valence-corrected chi connectivity index (χ3v) is 4.89. The van der Waals surface area contributed by atoms with Crippen LogP contribution in [0.15, 0.2) is 55.3 Å². The molecule has 8 nitrogen and oxygen atoms in total. The van der Waals surface area contributed by atoms with Crippen molar-refractivity contribution in [3.63, 3.8) is 0 Å². The third kappa shape index (κ3) is 4.84. The maximum atomic E-state index is 12.6. The van der Waals surface area contributed by atoms with Gasteiger partial charge in [-0.25, -0.2) is 9.97 Å². The average molecular weight is 389 g/mol. The molecule has 4 heterocycles. The molecule has 29 heavy (non-hydrogen) atoms. The number of aromatic nitrogens is 5. The molecule has 0 radical (unpaired) electrons. The number of rotatable bonds is 5. The standard InChI is InChI=1S/C21H23N7O/c1-27-14-16(11-25-27)7-8-21(29)28-10-4-5-17(15-28)18-12-24-20(13-23-18)26-19-6-2-3-9-22-19/h2-3,6-9,11-14,17H,4-5,10,15H2,1H3,(H,22,24,26)/b8-7+/t17-/m0/s1. The van der Waals surface area contributed by atoms with Crippen LogP contribution in [0, 0.1) is 0 Å². The largest absolute Gasteiger partial charge is 0.338 e. The molecule has 0 aromatic carbocycles. The second kappa shape index (κ2) is 8.64. The molecule has 4 rings (SSSR count). The first-order chi connectivity index (χ1) is 14.2. The van der Waals surface area contributed by atoms with E-state index in [9.17, 15) is 4.79 Å². The molecule has 0 unspecified atom stereocenters. The number of piperidine rings is 1. The lowest BCUT2D eigenvalue weighted by Crippen LogP contribution is -2.38. The van der Waals surface area contributed by atoms with E-state index in [0.717, 1.165) is 36.5 Å². The molecule has 1 saturated heterocycles. The zero-order valence-electron chi connectivity index (χ0n) is 16.3. The second-order valence-electron chi connectivity index (χ2n) is 7.07. The number of carbonyl (C=O) groups excluding carboxylic acids is 1. The third-order valence-electron chi connectivity index (χ3n) is 4.89. The minimum absolute atomic E-state index is 0.0138. The van der Waals surface area contributed by atoms with Crippen LogP contribution >= 0.6 is 0 Å². The van der Waals surface area contributed by atoms with Crippen molar-refractivity contribution in [1.29, 1.82) is 0 Å². The van der Waals surface area contributed by atoms with Crippen LogP contribution in [0.25, 0.3) is 6.08 Å². The van der Waals surface area contributed by atoms with E-state index in [0.29, 0.717) is 12.4 Å². The SMILES string of the molecule is Cn1cc(/C=C/C(=O)N2CCC[C@H](c3cnc(Nc4ccccn4)cn3)C2)cn1. The van der Waals surface area contributed by atoms with Crippen LogP contribution in [0.3, 0.4) is 0 Å². The molecule has 0 bridgehead atoms. The van der Waals surface area contributed by atoms with Crippen molar-refractivity contribution in [3.8, 4) is 0 Å². The highest BCUT2D eigenvalue weighted by Crippen LogP contribution is 2.26. The number of likely N-dealkylation sites (tertiary alicyclic amines) is 1. The molecule has 1 aliphatic rings. The summed E-state index contributed by atoms with van der Waals surface area (Å²) < 4.78 is 1.71. The van der Waals surface area contributed by atoms with E-state index in [2.05, 4.69) is 25.4 Å². The molecule has 1 amide bonds. The quantitative estimate of drug-likeness (QED) is 0.675. The molecule has 148 valence electrons. The summed E-state index contributed by atoms with van der Waals surface area (Å²) in [4.78, 5) is 27.7. The summed E-state index contributed by atoms with van der Waals surface area (Å²) in [6.45, 7) is 1.41. The molecule has 0 spiro atoms. The van der Waals surface area contributed by atoms with Crippen molar-refractivity contribution in [2.45, 2.75) is 18.8 Å². The van der Waals surface area contributed by atoms with E-state index >= 15 is 0 Å². The summed E-state index contributed by atoms with van der Waals surface area (Å²) in [7, 11) is 1.85. The van der Waals surface area contributed by atoms with Crippen LogP contribution in [-0.2, 0) is 11.8 Å². The van der Waals surface area contributed by atoms with Crippen molar-refractivity contribution >= 4 is 23.6 Å². The van der Waals surface area contributed by atoms with Gasteiger partial charge in [0.1, 0.15) is 11.6 Å². The van der Waals surface area contributed by atoms with Crippen molar-refractivity contribution in [2.75, 3.05) is 18.4 Å². The Hall–Kier alpha value is -3.55. The Kier molecular flexibility index (Phi) is 5.60. The molecule has 8 heteroatoms. The molecule has 1 atom stereocenters. The number of pyridine rings is 1. The van der Waals surface area contributed by atoms with E-state index in [1.54, 1.807) is 41.6 Å². The van der Waals surface area contributed by atoms with Crippen LogP contribution < -0.4 is 5.32 Å². The minimum atomic E-state index is 0.0138. The van der Waals surface area contributed by atoms with Crippen LogP contribution in [0.2, 0.25) is 0 Å². The van der Waals surface area contributed by atoms with Crippen LogP contribution in [0.4, 0.5) is 11.6 Å². The maximum Gasteiger partial charge on any atom is 0.246 e. The molecule has 1 N–H and O–H groups in total. The Bertz CT molecular complexity index is 982. The van der Waals surface area contributed by atoms with Gasteiger partial charge in [-0.3, -0.25) is 14.5 Å². The number of hydrogen-bond donors (Lipinski definition) is 1. The summed E-state index contributed by atoms with van der Waals surface area (Å²) in [6.07, 6.45) is 14.2. The molecule has 1 aliphatic heterocycles. The van der Waals surface area contributed by atoms with Crippen LogP contribution in [0.5, 0.6) is 0 Å². The average Bonchev–Trinajstić information content (AvgIpc) is 3.18. The Morgan fingerprint density at radius 2 is 2.10 bits per heavy atom. The van der Waals surface area contributed by atoms with Gasteiger partial charge in [0.05, 0.1) is 24.3 Å². The molecule has 3 aromatic heterocycles. The van der Waals surface area contributed by atoms with Crippen molar-refractivity contribution in [3.05, 3.63) is 66.5 Å². The fraction of sp³-hybridized carbons (Fsp3) is 0.286. The van der Waals surface area contributed by atoms with E-state index in [4.69, 9.17) is 0 Å². The molecule has 0 saturated carbocycles. The van der Waals surface area contributed by atoms with E-state index in [-0.39, 0.29) is 11.8 Å². The lowest BCUT2D eigenvalue weighted by Gasteiger charge is -2.31. The molecular weight excluding hydrogens is 366 g/mol. The van der Waals surface area contributed by atoms with Gasteiger partial charge in [0, 0.05) is 50.1 Å². The van der Waals surface area contributed by atoms with Gasteiger partial charge in [-0.15, -0.1) is 0 Å². The van der Waals surface area contributed by atoms with Crippen LogP contribution in [0.1, 0.15) is 30.0 Å². The molecule has 3 aromatic rings. The fourth-order valence-corrected chi connectivity index (χ4v) is 3.40. The van der Waals surface area contributed by atoms with Gasteiger partial charge in [-0.1, -0.05) is 6.07 Å². The molecule has 0 aliphatic carbocycles. The normalized spacial score (nSPS) is 16.9. The molecule has 1 fully saturated rings. The Morgan fingerprint density at radius 3 is 2.83 bits per heavy atom. The summed E-state index contributed by atoms with van der Waals surface area (Å²) in [5.74, 6) is 1.58. The van der Waals surface area contributed by atoms with Gasteiger partial charge in [0.15, 0.2) is 0 Å².